The number of fused-ring (bicyclic) bond motifs is 1. The van der Waals surface area contributed by atoms with Gasteiger partial charge in [-0.2, -0.15) is 0 Å². The quantitative estimate of drug-likeness (QED) is 0.650. The van der Waals surface area contributed by atoms with E-state index in [9.17, 15) is 13.6 Å². The molecule has 3 aromatic rings. The van der Waals surface area contributed by atoms with E-state index in [4.69, 9.17) is 0 Å². The number of aromatic amines is 1. The van der Waals surface area contributed by atoms with Crippen LogP contribution in [0.1, 0.15) is 29.8 Å². The van der Waals surface area contributed by atoms with E-state index in [0.29, 0.717) is 5.39 Å². The number of amides is 1. The number of piperazine rings is 1. The Morgan fingerprint density at radius 1 is 1.10 bits per heavy atom. The number of anilines is 1. The molecule has 0 bridgehead atoms. The summed E-state index contributed by atoms with van der Waals surface area (Å²) in [5, 5.41) is 3.72. The van der Waals surface area contributed by atoms with E-state index in [1.54, 1.807) is 12.1 Å². The minimum Gasteiger partial charge on any atom is -0.369 e. The average Bonchev–Trinajstić information content (AvgIpc) is 3.03. The average molecular weight is 427 g/mol. The number of hydrogen-bond donors (Lipinski definition) is 2. The third-order valence-electron chi connectivity index (χ3n) is 6.10. The fraction of sp³-hybridized carbons (Fsp3) is 0.375. The molecule has 2 N–H and O–H groups in total. The number of aryl methyl sites for hydroxylation is 1. The van der Waals surface area contributed by atoms with Crippen molar-refractivity contribution in [3.05, 3.63) is 64.9 Å². The number of H-pyrrole nitrogens is 1. The Balaban J connectivity index is 1.53. The summed E-state index contributed by atoms with van der Waals surface area (Å²) in [5.74, 6) is -0.843. The third-order valence-corrected chi connectivity index (χ3v) is 6.10. The van der Waals surface area contributed by atoms with E-state index < -0.39 is 0 Å². The van der Waals surface area contributed by atoms with Crippen molar-refractivity contribution in [2.24, 2.45) is 0 Å². The Kier molecular flexibility index (Phi) is 5.96. The summed E-state index contributed by atoms with van der Waals surface area (Å²) in [6, 6.07) is 8.93. The molecule has 0 saturated carbocycles. The van der Waals surface area contributed by atoms with Gasteiger partial charge < -0.3 is 20.1 Å². The lowest BCUT2D eigenvalue weighted by molar-refractivity contribution is -0.121. The molecular formula is C24H28F2N4O. The molecule has 1 aromatic heterocycles. The molecular weight excluding hydrogens is 398 g/mol. The van der Waals surface area contributed by atoms with Crippen molar-refractivity contribution in [1.82, 2.24) is 15.2 Å². The van der Waals surface area contributed by atoms with E-state index in [2.05, 4.69) is 27.1 Å². The lowest BCUT2D eigenvalue weighted by Crippen LogP contribution is -2.45. The second kappa shape index (κ2) is 8.67. The number of rotatable bonds is 5. The molecule has 0 radical (unpaired) electrons. The van der Waals surface area contributed by atoms with Gasteiger partial charge in [0.2, 0.25) is 5.91 Å². The summed E-state index contributed by atoms with van der Waals surface area (Å²) in [4.78, 5) is 20.6. The van der Waals surface area contributed by atoms with Gasteiger partial charge in [0, 0.05) is 54.0 Å². The second-order valence-corrected chi connectivity index (χ2v) is 8.38. The molecule has 1 saturated heterocycles. The van der Waals surface area contributed by atoms with Crippen molar-refractivity contribution in [1.29, 1.82) is 0 Å². The molecule has 0 aliphatic carbocycles. The lowest BCUT2D eigenvalue weighted by Gasteiger charge is -2.36. The molecule has 1 fully saturated rings. The number of carbonyl (C=O) groups is 1. The largest absolute Gasteiger partial charge is 0.369 e. The standard InChI is InChI=1S/C24H28F2N4O/c1-15-19(21-13-17(25)4-6-22(21)27-15)14-24(31)28-16(2)20-12-18(26)5-7-23(20)30-10-8-29(3)9-11-30/h4-7,12-13,16,27H,8-11,14H2,1-3H3,(H,28,31). The molecule has 1 aliphatic heterocycles. The minimum absolute atomic E-state index is 0.124. The summed E-state index contributed by atoms with van der Waals surface area (Å²) >= 11 is 0. The van der Waals surface area contributed by atoms with Crippen LogP contribution < -0.4 is 10.2 Å². The maximum atomic E-state index is 14.1. The SMILES string of the molecule is Cc1[nH]c2ccc(F)cc2c1CC(=O)NC(C)c1cc(F)ccc1N1CCN(C)CC1. The normalized spacial score (nSPS) is 16.0. The topological polar surface area (TPSA) is 51.4 Å². The zero-order valence-electron chi connectivity index (χ0n) is 18.1. The summed E-state index contributed by atoms with van der Waals surface area (Å²) in [7, 11) is 2.09. The monoisotopic (exact) mass is 426 g/mol. The zero-order valence-corrected chi connectivity index (χ0v) is 18.1. The van der Waals surface area contributed by atoms with Crippen LogP contribution in [-0.2, 0) is 11.2 Å². The number of halogens is 2. The maximum Gasteiger partial charge on any atom is 0.224 e. The van der Waals surface area contributed by atoms with Crippen LogP contribution in [0.4, 0.5) is 14.5 Å². The van der Waals surface area contributed by atoms with Crippen molar-refractivity contribution in [3.63, 3.8) is 0 Å². The Morgan fingerprint density at radius 2 is 1.77 bits per heavy atom. The van der Waals surface area contributed by atoms with Crippen LogP contribution in [0.2, 0.25) is 0 Å². The van der Waals surface area contributed by atoms with Crippen molar-refractivity contribution in [2.45, 2.75) is 26.3 Å². The Hall–Kier alpha value is -2.93. The highest BCUT2D eigenvalue weighted by Crippen LogP contribution is 2.29. The third kappa shape index (κ3) is 4.56. The van der Waals surface area contributed by atoms with E-state index >= 15 is 0 Å². The van der Waals surface area contributed by atoms with Crippen molar-refractivity contribution in [3.8, 4) is 0 Å². The fourth-order valence-corrected chi connectivity index (χ4v) is 4.32. The fourth-order valence-electron chi connectivity index (χ4n) is 4.32. The van der Waals surface area contributed by atoms with Gasteiger partial charge in [-0.25, -0.2) is 8.78 Å². The van der Waals surface area contributed by atoms with Crippen LogP contribution in [0.15, 0.2) is 36.4 Å². The number of likely N-dealkylation sites (N-methyl/N-ethyl adjacent to an activating group) is 1. The van der Waals surface area contributed by atoms with Crippen LogP contribution in [0.5, 0.6) is 0 Å². The van der Waals surface area contributed by atoms with Gasteiger partial charge in [0.1, 0.15) is 11.6 Å². The predicted octanol–water partition coefficient (Wildman–Crippen LogP) is 3.93. The summed E-state index contributed by atoms with van der Waals surface area (Å²) in [6.07, 6.45) is 0.124. The van der Waals surface area contributed by atoms with Crippen LogP contribution in [-0.4, -0.2) is 49.0 Å². The summed E-state index contributed by atoms with van der Waals surface area (Å²) < 4.78 is 27.8. The van der Waals surface area contributed by atoms with E-state index in [-0.39, 0.29) is 30.0 Å². The van der Waals surface area contributed by atoms with Crippen molar-refractivity contribution >= 4 is 22.5 Å². The van der Waals surface area contributed by atoms with Gasteiger partial charge in [-0.15, -0.1) is 0 Å². The van der Waals surface area contributed by atoms with E-state index in [1.807, 2.05) is 13.8 Å². The summed E-state index contributed by atoms with van der Waals surface area (Å²) in [6.45, 7) is 7.34. The number of nitrogens with zero attached hydrogens (tertiary/aromatic N) is 2. The molecule has 2 heterocycles. The molecule has 164 valence electrons. The van der Waals surface area contributed by atoms with Gasteiger partial charge in [0.25, 0.3) is 0 Å². The van der Waals surface area contributed by atoms with Gasteiger partial charge >= 0.3 is 0 Å². The first-order valence-electron chi connectivity index (χ1n) is 10.6. The lowest BCUT2D eigenvalue weighted by atomic mass is 10.0. The highest BCUT2D eigenvalue weighted by atomic mass is 19.1. The van der Waals surface area contributed by atoms with Gasteiger partial charge in [-0.3, -0.25) is 4.79 Å². The number of nitrogens with one attached hydrogen (secondary N) is 2. The number of aromatic nitrogens is 1. The van der Waals surface area contributed by atoms with Gasteiger partial charge in [-0.05, 0) is 62.9 Å². The smallest absolute Gasteiger partial charge is 0.224 e. The van der Waals surface area contributed by atoms with Gasteiger partial charge in [-0.1, -0.05) is 0 Å². The Bertz CT molecular complexity index is 1100. The number of hydrogen-bond acceptors (Lipinski definition) is 3. The molecule has 1 atom stereocenters. The number of benzene rings is 2. The van der Waals surface area contributed by atoms with E-state index in [1.165, 1.54) is 24.3 Å². The van der Waals surface area contributed by atoms with Crippen LogP contribution in [0, 0.1) is 18.6 Å². The molecule has 4 rings (SSSR count). The van der Waals surface area contributed by atoms with Crippen molar-refractivity contribution in [2.75, 3.05) is 38.1 Å². The molecule has 0 spiro atoms. The molecule has 1 unspecified atom stereocenters. The Labute approximate surface area is 181 Å². The first kappa shape index (κ1) is 21.3. The zero-order chi connectivity index (χ0) is 22.1. The molecule has 1 amide bonds. The van der Waals surface area contributed by atoms with Crippen LogP contribution in [0.3, 0.4) is 0 Å². The first-order valence-corrected chi connectivity index (χ1v) is 10.6. The molecule has 31 heavy (non-hydrogen) atoms. The van der Waals surface area contributed by atoms with Gasteiger partial charge in [0.05, 0.1) is 12.5 Å². The first-order chi connectivity index (χ1) is 14.8. The Morgan fingerprint density at radius 3 is 2.52 bits per heavy atom. The van der Waals surface area contributed by atoms with Gasteiger partial charge in [0.15, 0.2) is 0 Å². The molecule has 2 aromatic carbocycles. The maximum absolute atomic E-state index is 14.1. The molecule has 1 aliphatic rings. The van der Waals surface area contributed by atoms with Crippen LogP contribution in [0.25, 0.3) is 10.9 Å². The molecule has 5 nitrogen and oxygen atoms in total. The highest BCUT2D eigenvalue weighted by molar-refractivity contribution is 5.90. The van der Waals surface area contributed by atoms with E-state index in [0.717, 1.165) is 54.2 Å². The highest BCUT2D eigenvalue weighted by Gasteiger charge is 2.22. The van der Waals surface area contributed by atoms with Crippen LogP contribution >= 0.6 is 0 Å². The minimum atomic E-state index is -0.361. The predicted molar refractivity (Wildman–Crippen MR) is 119 cm³/mol. The number of carbonyl (C=O) groups excluding carboxylic acids is 1. The summed E-state index contributed by atoms with van der Waals surface area (Å²) in [5.41, 5.74) is 4.13. The van der Waals surface area contributed by atoms with Crippen molar-refractivity contribution < 1.29 is 13.6 Å². The molecule has 7 heteroatoms. The second-order valence-electron chi connectivity index (χ2n) is 8.38.